The Morgan fingerprint density at radius 3 is 1.71 bits per heavy atom. The smallest absolute Gasteiger partial charge is 0.0962 e. The third-order valence-electron chi connectivity index (χ3n) is 0.260. The summed E-state index contributed by atoms with van der Waals surface area (Å²) < 4.78 is 8.36. The van der Waals surface area contributed by atoms with E-state index in [1.165, 1.54) is 0 Å². The summed E-state index contributed by atoms with van der Waals surface area (Å²) in [6.45, 7) is 0. The zero-order valence-corrected chi connectivity index (χ0v) is 7.79. The summed E-state index contributed by atoms with van der Waals surface area (Å²) in [5, 5.41) is 0. The van der Waals surface area contributed by atoms with Gasteiger partial charge in [-0.3, -0.25) is 0 Å². The highest BCUT2D eigenvalue weighted by atomic mass is 127. The van der Waals surface area contributed by atoms with Crippen LogP contribution in [0.3, 0.4) is 0 Å². The summed E-state index contributed by atoms with van der Waals surface area (Å²) >= 11 is 4.17. The fraction of sp³-hybridized carbons (Fsp3) is 0. The predicted octanol–water partition coefficient (Wildman–Crippen LogP) is 2.82. The summed E-state index contributed by atoms with van der Waals surface area (Å²) in [4.78, 5) is 0. The van der Waals surface area contributed by atoms with Crippen LogP contribution in [-0.2, 0) is 4.74 Å². The molecule has 0 saturated carbocycles. The number of halogens is 2. The zero-order chi connectivity index (χ0) is 5.54. The molecule has 0 aromatic heterocycles. The van der Waals surface area contributed by atoms with E-state index >= 15 is 0 Å². The van der Waals surface area contributed by atoms with Crippen LogP contribution in [0.2, 0.25) is 0 Å². The van der Waals surface area contributed by atoms with Gasteiger partial charge in [-0.05, 0) is 45.2 Å². The van der Waals surface area contributed by atoms with Crippen LogP contribution in [0.15, 0.2) is 20.7 Å². The Labute approximate surface area is 70.1 Å². The third-order valence-corrected chi connectivity index (χ3v) is 0.847. The first-order valence-corrected chi connectivity index (χ1v) is 4.07. The van der Waals surface area contributed by atoms with E-state index in [4.69, 9.17) is 4.74 Å². The normalized spacial score (nSPS) is 11.1. The molecule has 0 N–H and O–H groups in total. The summed E-state index contributed by atoms with van der Waals surface area (Å²) in [6.07, 6.45) is 3.21. The first-order valence-electron chi connectivity index (χ1n) is 1.57. The fourth-order valence-corrected chi connectivity index (χ4v) is 0.444. The zero-order valence-electron chi connectivity index (χ0n) is 3.47. The summed E-state index contributed by atoms with van der Waals surface area (Å²) in [7, 11) is 0. The maximum atomic E-state index is 4.76. The lowest BCUT2D eigenvalue weighted by Gasteiger charge is -1.80. The fourth-order valence-electron chi connectivity index (χ4n) is 0.105. The van der Waals surface area contributed by atoms with E-state index in [9.17, 15) is 0 Å². The molecule has 0 aliphatic carbocycles. The van der Waals surface area contributed by atoms with Gasteiger partial charge in [0.25, 0.3) is 0 Å². The van der Waals surface area contributed by atoms with Crippen molar-refractivity contribution in [2.75, 3.05) is 0 Å². The molecule has 40 valence electrons. The molecule has 1 nitrogen and oxygen atoms in total. The van der Waals surface area contributed by atoms with Gasteiger partial charge in [-0.1, -0.05) is 0 Å². The highest BCUT2D eigenvalue weighted by molar-refractivity contribution is 14.1. The number of hydrogen-bond acceptors (Lipinski definition) is 1. The molecule has 0 bridgehead atoms. The van der Waals surface area contributed by atoms with Crippen LogP contribution < -0.4 is 0 Å². The Bertz CT molecular complexity index is 67.8. The van der Waals surface area contributed by atoms with Crippen molar-refractivity contribution in [3.8, 4) is 0 Å². The predicted molar refractivity (Wildman–Crippen MR) is 47.4 cm³/mol. The van der Waals surface area contributed by atoms with Gasteiger partial charge in [0.15, 0.2) is 0 Å². The Morgan fingerprint density at radius 2 is 1.43 bits per heavy atom. The molecule has 0 atom stereocenters. The molecule has 0 radical (unpaired) electrons. The summed E-state index contributed by atoms with van der Waals surface area (Å²) in [5.41, 5.74) is 0. The molecule has 0 aromatic rings. The minimum absolute atomic E-state index is 1.61. The van der Waals surface area contributed by atoms with Crippen LogP contribution in [0.1, 0.15) is 0 Å². The Hall–Kier alpha value is 0.740. The minimum Gasteiger partial charge on any atom is -0.472 e. The highest BCUT2D eigenvalue weighted by Crippen LogP contribution is 1.88. The molecule has 0 spiro atoms. The molecule has 0 unspecified atom stereocenters. The van der Waals surface area contributed by atoms with Crippen molar-refractivity contribution in [3.63, 3.8) is 0 Å². The maximum absolute atomic E-state index is 4.76. The van der Waals surface area contributed by atoms with Crippen molar-refractivity contribution in [2.24, 2.45) is 0 Å². The molecule has 0 aromatic carbocycles. The van der Waals surface area contributed by atoms with Gasteiger partial charge < -0.3 is 4.74 Å². The third kappa shape index (κ3) is 6.74. The van der Waals surface area contributed by atoms with E-state index in [2.05, 4.69) is 45.2 Å². The second-order valence-electron chi connectivity index (χ2n) is 0.660. The lowest BCUT2D eigenvalue weighted by molar-refractivity contribution is 0.406. The molecule has 7 heavy (non-hydrogen) atoms. The number of ether oxygens (including phenoxy) is 1. The topological polar surface area (TPSA) is 9.23 Å². The van der Waals surface area contributed by atoms with Crippen molar-refractivity contribution >= 4 is 45.2 Å². The molecule has 0 rings (SSSR count). The SMILES string of the molecule is IC=COC=CI. The Kier molecular flexibility index (Phi) is 7.45. The van der Waals surface area contributed by atoms with E-state index < -0.39 is 0 Å². The average molecular weight is 322 g/mol. The summed E-state index contributed by atoms with van der Waals surface area (Å²) in [6, 6.07) is 0. The van der Waals surface area contributed by atoms with Gasteiger partial charge in [0.1, 0.15) is 0 Å². The first-order chi connectivity index (χ1) is 3.41. The Balaban J connectivity index is 2.98. The van der Waals surface area contributed by atoms with Crippen LogP contribution >= 0.6 is 45.2 Å². The quantitative estimate of drug-likeness (QED) is 0.561. The second kappa shape index (κ2) is 6.74. The molecule has 0 aliphatic heterocycles. The van der Waals surface area contributed by atoms with Gasteiger partial charge in [0.05, 0.1) is 12.5 Å². The van der Waals surface area contributed by atoms with Gasteiger partial charge in [0, 0.05) is 8.17 Å². The molecule has 0 heterocycles. The molecular formula is C4H4I2O. The van der Waals surface area contributed by atoms with Crippen molar-refractivity contribution in [1.29, 1.82) is 0 Å². The van der Waals surface area contributed by atoms with Crippen molar-refractivity contribution in [3.05, 3.63) is 20.7 Å². The van der Waals surface area contributed by atoms with Crippen LogP contribution in [0, 0.1) is 0 Å². The molecule has 0 saturated heterocycles. The monoisotopic (exact) mass is 322 g/mol. The molecule has 0 fully saturated rings. The number of rotatable bonds is 2. The second-order valence-corrected chi connectivity index (χ2v) is 2.10. The van der Waals surface area contributed by atoms with E-state index in [0.717, 1.165) is 0 Å². The van der Waals surface area contributed by atoms with Crippen molar-refractivity contribution < 1.29 is 4.74 Å². The van der Waals surface area contributed by atoms with Gasteiger partial charge in [0.2, 0.25) is 0 Å². The standard InChI is InChI=1S/C4H4I2O/c5-1-3-7-4-2-6/h1-4H. The molecule has 3 heteroatoms. The van der Waals surface area contributed by atoms with Crippen LogP contribution in [-0.4, -0.2) is 0 Å². The van der Waals surface area contributed by atoms with Gasteiger partial charge in [-0.25, -0.2) is 0 Å². The van der Waals surface area contributed by atoms with Gasteiger partial charge >= 0.3 is 0 Å². The van der Waals surface area contributed by atoms with Gasteiger partial charge in [-0.15, -0.1) is 0 Å². The maximum Gasteiger partial charge on any atom is 0.0962 e. The van der Waals surface area contributed by atoms with Crippen LogP contribution in [0.5, 0.6) is 0 Å². The largest absolute Gasteiger partial charge is 0.472 e. The van der Waals surface area contributed by atoms with E-state index in [1.54, 1.807) is 20.7 Å². The van der Waals surface area contributed by atoms with Crippen molar-refractivity contribution in [1.82, 2.24) is 0 Å². The Morgan fingerprint density at radius 1 is 1.00 bits per heavy atom. The molecular weight excluding hydrogens is 318 g/mol. The number of hydrogen-bond donors (Lipinski definition) is 0. The first kappa shape index (κ1) is 7.74. The van der Waals surface area contributed by atoms with Crippen molar-refractivity contribution in [2.45, 2.75) is 0 Å². The van der Waals surface area contributed by atoms with E-state index in [-0.39, 0.29) is 0 Å². The minimum atomic E-state index is 1.61. The molecule has 0 amide bonds. The molecule has 0 aliphatic rings. The van der Waals surface area contributed by atoms with Crippen LogP contribution in [0.25, 0.3) is 0 Å². The van der Waals surface area contributed by atoms with Crippen LogP contribution in [0.4, 0.5) is 0 Å². The van der Waals surface area contributed by atoms with E-state index in [1.807, 2.05) is 0 Å². The lowest BCUT2D eigenvalue weighted by atomic mass is 11.1. The highest BCUT2D eigenvalue weighted by Gasteiger charge is 1.59. The van der Waals surface area contributed by atoms with Gasteiger partial charge in [-0.2, -0.15) is 0 Å². The van der Waals surface area contributed by atoms with E-state index in [0.29, 0.717) is 0 Å². The summed E-state index contributed by atoms with van der Waals surface area (Å²) in [5.74, 6) is 0. The average Bonchev–Trinajstić information content (AvgIpc) is 1.69. The lowest BCUT2D eigenvalue weighted by Crippen LogP contribution is -1.56.